The summed E-state index contributed by atoms with van der Waals surface area (Å²) < 4.78 is 63.6. The molecule has 0 fully saturated rings. The van der Waals surface area contributed by atoms with E-state index in [-0.39, 0.29) is 50.3 Å². The minimum absolute atomic E-state index is 0.0286. The minimum Gasteiger partial charge on any atom is -0.341 e. The number of benzene rings is 2. The van der Waals surface area contributed by atoms with Crippen molar-refractivity contribution in [3.8, 4) is 0 Å². The maximum absolute atomic E-state index is 13.7. The fourth-order valence-electron chi connectivity index (χ4n) is 2.97. The van der Waals surface area contributed by atoms with Crippen LogP contribution in [0.2, 0.25) is 20.1 Å². The molecule has 34 heavy (non-hydrogen) atoms. The Morgan fingerprint density at radius 3 is 2.15 bits per heavy atom. The molecule has 186 valence electrons. The second-order valence-corrected chi connectivity index (χ2v) is 11.5. The van der Waals surface area contributed by atoms with Crippen LogP contribution in [0.5, 0.6) is 0 Å². The molecule has 0 saturated heterocycles. The second-order valence-electron chi connectivity index (χ2n) is 7.66. The van der Waals surface area contributed by atoms with Crippen LogP contribution >= 0.6 is 46.4 Å². The molecule has 0 aliphatic heterocycles. The van der Waals surface area contributed by atoms with E-state index in [2.05, 4.69) is 0 Å². The van der Waals surface area contributed by atoms with Crippen molar-refractivity contribution in [3.63, 3.8) is 0 Å². The summed E-state index contributed by atoms with van der Waals surface area (Å²) in [5.74, 6) is -2.63. The number of carbonyl (C=O) groups is 1. The van der Waals surface area contributed by atoms with Gasteiger partial charge < -0.3 is 4.90 Å². The van der Waals surface area contributed by atoms with Crippen LogP contribution in [-0.2, 0) is 21.2 Å². The summed E-state index contributed by atoms with van der Waals surface area (Å²) in [6.45, 7) is 0.109. The Bertz CT molecular complexity index is 1180. The largest absolute Gasteiger partial charge is 0.399 e. The van der Waals surface area contributed by atoms with Crippen molar-refractivity contribution in [1.82, 2.24) is 4.90 Å². The number of allylic oxidation sites excluding steroid dienone is 1. The number of alkyl halides is 3. The summed E-state index contributed by atoms with van der Waals surface area (Å²) in [4.78, 5) is 13.4. The van der Waals surface area contributed by atoms with E-state index in [0.717, 1.165) is 24.5 Å². The lowest BCUT2D eigenvalue weighted by atomic mass is 9.97. The van der Waals surface area contributed by atoms with Crippen molar-refractivity contribution >= 4 is 68.2 Å². The topological polar surface area (TPSA) is 54.5 Å². The minimum atomic E-state index is -4.62. The van der Waals surface area contributed by atoms with Gasteiger partial charge >= 0.3 is 6.18 Å². The number of sulfone groups is 1. The number of amides is 1. The molecule has 1 atom stereocenters. The Kier molecular flexibility index (Phi) is 9.76. The van der Waals surface area contributed by atoms with Gasteiger partial charge in [0.25, 0.3) is 0 Å². The van der Waals surface area contributed by atoms with Crippen molar-refractivity contribution in [2.24, 2.45) is 0 Å². The van der Waals surface area contributed by atoms with Gasteiger partial charge in [-0.05, 0) is 34.9 Å². The molecule has 0 radical (unpaired) electrons. The van der Waals surface area contributed by atoms with Crippen LogP contribution < -0.4 is 0 Å². The maximum Gasteiger partial charge on any atom is 0.399 e. The standard InChI is InChI=1S/C22H20Cl4F3NO3S/c1-30(20(31)7-8-34(2,32)33)12-14-5-3-13(9-17(14)23)4-6-16(22(27,28)29)15-10-18(24)21(26)19(25)11-15/h3-6,9-11,16H,7-8,12H2,1-2H3/b6-4+. The Morgan fingerprint density at radius 1 is 1.06 bits per heavy atom. The van der Waals surface area contributed by atoms with Crippen LogP contribution in [0.15, 0.2) is 36.4 Å². The quantitative estimate of drug-likeness (QED) is 0.316. The molecule has 1 amide bonds. The highest BCUT2D eigenvalue weighted by molar-refractivity contribution is 7.90. The van der Waals surface area contributed by atoms with E-state index < -0.39 is 21.9 Å². The first-order valence-electron chi connectivity index (χ1n) is 9.68. The summed E-state index contributed by atoms with van der Waals surface area (Å²) in [6, 6.07) is 6.84. The molecule has 0 aliphatic carbocycles. The number of hydrogen-bond acceptors (Lipinski definition) is 3. The molecule has 0 saturated carbocycles. The molecular weight excluding hydrogens is 557 g/mol. The lowest BCUT2D eigenvalue weighted by Crippen LogP contribution is -2.27. The fraction of sp³-hybridized carbons (Fsp3) is 0.318. The Labute approximate surface area is 216 Å². The predicted molar refractivity (Wildman–Crippen MR) is 132 cm³/mol. The first kappa shape index (κ1) is 28.8. The van der Waals surface area contributed by atoms with E-state index in [0.29, 0.717) is 11.1 Å². The molecule has 0 aromatic heterocycles. The van der Waals surface area contributed by atoms with Gasteiger partial charge in [0, 0.05) is 31.3 Å². The van der Waals surface area contributed by atoms with Crippen LogP contribution in [-0.4, -0.2) is 44.5 Å². The zero-order valence-corrected chi connectivity index (χ0v) is 21.8. The van der Waals surface area contributed by atoms with Gasteiger partial charge in [-0.15, -0.1) is 0 Å². The van der Waals surface area contributed by atoms with Crippen molar-refractivity contribution < 1.29 is 26.4 Å². The smallest absolute Gasteiger partial charge is 0.341 e. The third-order valence-electron chi connectivity index (χ3n) is 4.80. The summed E-state index contributed by atoms with van der Waals surface area (Å²) in [5, 5.41) is 0.0361. The number of halogens is 7. The van der Waals surface area contributed by atoms with Crippen molar-refractivity contribution in [2.75, 3.05) is 19.1 Å². The molecule has 2 aromatic carbocycles. The van der Waals surface area contributed by atoms with Gasteiger partial charge in [-0.2, -0.15) is 13.2 Å². The molecule has 0 aliphatic rings. The molecule has 2 rings (SSSR count). The summed E-state index contributed by atoms with van der Waals surface area (Å²) in [6.07, 6.45) is -1.50. The molecule has 4 nitrogen and oxygen atoms in total. The fourth-order valence-corrected chi connectivity index (χ4v) is 4.38. The van der Waals surface area contributed by atoms with Crippen LogP contribution in [0.25, 0.3) is 6.08 Å². The number of nitrogens with zero attached hydrogens (tertiary/aromatic N) is 1. The van der Waals surface area contributed by atoms with Gasteiger partial charge in [-0.3, -0.25) is 4.79 Å². The van der Waals surface area contributed by atoms with Gasteiger partial charge in [0.1, 0.15) is 9.84 Å². The van der Waals surface area contributed by atoms with Crippen LogP contribution in [0.3, 0.4) is 0 Å². The van der Waals surface area contributed by atoms with Crippen LogP contribution in [0, 0.1) is 0 Å². The molecular formula is C22H20Cl4F3NO3S. The highest BCUT2D eigenvalue weighted by Gasteiger charge is 2.39. The van der Waals surface area contributed by atoms with Gasteiger partial charge in [0.05, 0.1) is 26.7 Å². The first-order chi connectivity index (χ1) is 15.6. The highest BCUT2D eigenvalue weighted by atomic mass is 35.5. The molecule has 0 bridgehead atoms. The van der Waals surface area contributed by atoms with Crippen LogP contribution in [0.4, 0.5) is 13.2 Å². The normalized spacial score (nSPS) is 13.3. The molecule has 0 heterocycles. The maximum atomic E-state index is 13.7. The molecule has 0 spiro atoms. The van der Waals surface area contributed by atoms with E-state index in [1.165, 1.54) is 24.1 Å². The summed E-state index contributed by atoms with van der Waals surface area (Å²) in [5.41, 5.74) is 0.790. The molecule has 12 heteroatoms. The lowest BCUT2D eigenvalue weighted by Gasteiger charge is -2.19. The zero-order valence-electron chi connectivity index (χ0n) is 18.0. The Balaban J connectivity index is 2.21. The first-order valence-corrected chi connectivity index (χ1v) is 13.2. The highest BCUT2D eigenvalue weighted by Crippen LogP contribution is 2.41. The van der Waals surface area contributed by atoms with Crippen LogP contribution in [0.1, 0.15) is 29.0 Å². The van der Waals surface area contributed by atoms with Crippen molar-refractivity contribution in [1.29, 1.82) is 0 Å². The third-order valence-corrected chi connectivity index (χ3v) is 7.29. The van der Waals surface area contributed by atoms with E-state index in [9.17, 15) is 26.4 Å². The monoisotopic (exact) mass is 575 g/mol. The van der Waals surface area contributed by atoms with Gasteiger partial charge in [-0.1, -0.05) is 70.7 Å². The lowest BCUT2D eigenvalue weighted by molar-refractivity contribution is -0.139. The summed E-state index contributed by atoms with van der Waals surface area (Å²) in [7, 11) is -1.77. The average Bonchev–Trinajstić information content (AvgIpc) is 2.70. The predicted octanol–water partition coefficient (Wildman–Crippen LogP) is 7.05. The molecule has 0 N–H and O–H groups in total. The van der Waals surface area contributed by atoms with Gasteiger partial charge in [-0.25, -0.2) is 8.42 Å². The van der Waals surface area contributed by atoms with E-state index in [4.69, 9.17) is 46.4 Å². The number of carbonyl (C=O) groups excluding carboxylic acids is 1. The van der Waals surface area contributed by atoms with E-state index >= 15 is 0 Å². The molecule has 1 unspecified atom stereocenters. The second kappa shape index (κ2) is 11.5. The Hall–Kier alpha value is -1.45. The van der Waals surface area contributed by atoms with Gasteiger partial charge in [0.15, 0.2) is 0 Å². The van der Waals surface area contributed by atoms with E-state index in [1.807, 2.05) is 0 Å². The molecule has 2 aromatic rings. The number of rotatable bonds is 8. The van der Waals surface area contributed by atoms with E-state index in [1.54, 1.807) is 12.1 Å². The Morgan fingerprint density at radius 2 is 1.65 bits per heavy atom. The zero-order chi connectivity index (χ0) is 25.8. The average molecular weight is 577 g/mol. The number of hydrogen-bond donors (Lipinski definition) is 0. The van der Waals surface area contributed by atoms with Crippen molar-refractivity contribution in [2.45, 2.75) is 25.1 Å². The summed E-state index contributed by atoms with van der Waals surface area (Å²) >= 11 is 23.9. The third kappa shape index (κ3) is 8.34. The van der Waals surface area contributed by atoms with Gasteiger partial charge in [0.2, 0.25) is 5.91 Å². The van der Waals surface area contributed by atoms with Crippen molar-refractivity contribution in [3.05, 3.63) is 73.2 Å². The SMILES string of the molecule is CN(Cc1ccc(/C=C/C(c2cc(Cl)c(Cl)c(Cl)c2)C(F)(F)F)cc1Cl)C(=O)CCS(C)(=O)=O.